The molecule has 7 nitrogen and oxygen atoms in total. The zero-order valence-electron chi connectivity index (χ0n) is 15.0. The molecule has 0 aromatic carbocycles. The zero-order valence-corrected chi connectivity index (χ0v) is 15.0. The number of carbonyl (C=O) groups is 2. The minimum atomic E-state index is -0.602. The van der Waals surface area contributed by atoms with Crippen LogP contribution in [-0.2, 0) is 14.3 Å². The fourth-order valence-electron chi connectivity index (χ4n) is 2.24. The first-order valence-electron chi connectivity index (χ1n) is 8.26. The second-order valence-electron chi connectivity index (χ2n) is 7.11. The van der Waals surface area contributed by atoms with E-state index >= 15 is 0 Å². The number of hydrogen-bond acceptors (Lipinski definition) is 5. The zero-order chi connectivity index (χ0) is 17.5. The molecule has 134 valence electrons. The van der Waals surface area contributed by atoms with E-state index in [1.54, 1.807) is 20.8 Å². The fraction of sp³-hybridized carbons (Fsp3) is 0.875. The van der Waals surface area contributed by atoms with Crippen molar-refractivity contribution in [2.24, 2.45) is 5.92 Å². The standard InChI is InChI=1S/C16H31N3O4/c1-12(2)13(18-15(21)23-16(3,4)5)14(20)17-6-7-19-8-10-22-11-9-19/h12-13H,6-11H2,1-5H3,(H,17,20)(H,18,21). The summed E-state index contributed by atoms with van der Waals surface area (Å²) in [6.07, 6.45) is -0.570. The molecule has 0 aliphatic carbocycles. The van der Waals surface area contributed by atoms with E-state index in [9.17, 15) is 9.59 Å². The molecule has 1 rings (SSSR count). The van der Waals surface area contributed by atoms with Gasteiger partial charge in [0, 0.05) is 26.2 Å². The Labute approximate surface area is 139 Å². The number of ether oxygens (including phenoxy) is 2. The minimum absolute atomic E-state index is 0.0223. The molecule has 1 unspecified atom stereocenters. The maximum absolute atomic E-state index is 12.3. The van der Waals surface area contributed by atoms with Gasteiger partial charge in [0.2, 0.25) is 5.91 Å². The molecule has 23 heavy (non-hydrogen) atoms. The van der Waals surface area contributed by atoms with Gasteiger partial charge in [-0.25, -0.2) is 4.79 Å². The predicted octanol–water partition coefficient (Wildman–Crippen LogP) is 0.984. The first-order valence-corrected chi connectivity index (χ1v) is 8.26. The van der Waals surface area contributed by atoms with Crippen LogP contribution in [0.2, 0.25) is 0 Å². The first-order chi connectivity index (χ1) is 10.7. The second-order valence-corrected chi connectivity index (χ2v) is 7.11. The van der Waals surface area contributed by atoms with Crippen molar-refractivity contribution in [3.8, 4) is 0 Å². The van der Waals surface area contributed by atoms with Gasteiger partial charge in [0.15, 0.2) is 0 Å². The Kier molecular flexibility index (Phi) is 7.78. The van der Waals surface area contributed by atoms with Gasteiger partial charge in [-0.05, 0) is 26.7 Å². The molecule has 2 N–H and O–H groups in total. The van der Waals surface area contributed by atoms with E-state index in [-0.39, 0.29) is 11.8 Å². The number of alkyl carbamates (subject to hydrolysis) is 1. The molecule has 0 aromatic heterocycles. The third-order valence-corrected chi connectivity index (χ3v) is 3.45. The number of amides is 2. The molecule has 2 amide bonds. The van der Waals surface area contributed by atoms with Crippen molar-refractivity contribution >= 4 is 12.0 Å². The maximum atomic E-state index is 12.3. The van der Waals surface area contributed by atoms with Crippen LogP contribution in [-0.4, -0.2) is 67.9 Å². The van der Waals surface area contributed by atoms with Crippen LogP contribution in [0.4, 0.5) is 4.79 Å². The number of morpholine rings is 1. The number of rotatable bonds is 6. The Morgan fingerprint density at radius 3 is 2.35 bits per heavy atom. The average Bonchev–Trinajstić information content (AvgIpc) is 2.43. The SMILES string of the molecule is CC(C)C(NC(=O)OC(C)(C)C)C(=O)NCCN1CCOCC1. The van der Waals surface area contributed by atoms with E-state index in [4.69, 9.17) is 9.47 Å². The van der Waals surface area contributed by atoms with Crippen molar-refractivity contribution in [3.05, 3.63) is 0 Å². The number of nitrogens with one attached hydrogen (secondary N) is 2. The molecule has 0 spiro atoms. The molecule has 0 radical (unpaired) electrons. The van der Waals surface area contributed by atoms with Crippen molar-refractivity contribution in [1.29, 1.82) is 0 Å². The van der Waals surface area contributed by atoms with Gasteiger partial charge in [0.25, 0.3) is 0 Å². The number of carbonyl (C=O) groups excluding carboxylic acids is 2. The van der Waals surface area contributed by atoms with Crippen LogP contribution in [0, 0.1) is 5.92 Å². The predicted molar refractivity (Wildman–Crippen MR) is 88.3 cm³/mol. The van der Waals surface area contributed by atoms with Crippen molar-refractivity contribution < 1.29 is 19.1 Å². The van der Waals surface area contributed by atoms with E-state index in [1.807, 2.05) is 13.8 Å². The highest BCUT2D eigenvalue weighted by molar-refractivity contribution is 5.85. The Morgan fingerprint density at radius 2 is 1.83 bits per heavy atom. The van der Waals surface area contributed by atoms with Crippen LogP contribution in [0.1, 0.15) is 34.6 Å². The van der Waals surface area contributed by atoms with E-state index in [0.717, 1.165) is 32.8 Å². The van der Waals surface area contributed by atoms with Crippen LogP contribution in [0.25, 0.3) is 0 Å². The number of hydrogen-bond donors (Lipinski definition) is 2. The summed E-state index contributed by atoms with van der Waals surface area (Å²) in [6.45, 7) is 13.8. The largest absolute Gasteiger partial charge is 0.444 e. The van der Waals surface area contributed by atoms with E-state index in [2.05, 4.69) is 15.5 Å². The van der Waals surface area contributed by atoms with Gasteiger partial charge in [0.05, 0.1) is 13.2 Å². The van der Waals surface area contributed by atoms with Gasteiger partial charge in [-0.15, -0.1) is 0 Å². The van der Waals surface area contributed by atoms with E-state index < -0.39 is 17.7 Å². The summed E-state index contributed by atoms with van der Waals surface area (Å²) >= 11 is 0. The van der Waals surface area contributed by atoms with Crippen molar-refractivity contribution in [3.63, 3.8) is 0 Å². The van der Waals surface area contributed by atoms with Gasteiger partial charge < -0.3 is 20.1 Å². The highest BCUT2D eigenvalue weighted by atomic mass is 16.6. The lowest BCUT2D eigenvalue weighted by atomic mass is 10.0. The van der Waals surface area contributed by atoms with Crippen LogP contribution in [0.3, 0.4) is 0 Å². The van der Waals surface area contributed by atoms with Gasteiger partial charge in [-0.1, -0.05) is 13.8 Å². The quantitative estimate of drug-likeness (QED) is 0.759. The molecule has 0 saturated carbocycles. The normalized spacial score (nSPS) is 17.7. The summed E-state index contributed by atoms with van der Waals surface area (Å²) in [6, 6.07) is -0.602. The lowest BCUT2D eigenvalue weighted by Gasteiger charge is -2.28. The summed E-state index contributed by atoms with van der Waals surface area (Å²) < 4.78 is 10.5. The molecule has 1 heterocycles. The Hall–Kier alpha value is -1.34. The van der Waals surface area contributed by atoms with Crippen LogP contribution < -0.4 is 10.6 Å². The molecule has 1 fully saturated rings. The molecular formula is C16H31N3O4. The van der Waals surface area contributed by atoms with Crippen LogP contribution >= 0.6 is 0 Å². The maximum Gasteiger partial charge on any atom is 0.408 e. The Bertz CT molecular complexity index is 387. The van der Waals surface area contributed by atoms with E-state index in [0.29, 0.717) is 6.54 Å². The Morgan fingerprint density at radius 1 is 1.22 bits per heavy atom. The monoisotopic (exact) mass is 329 g/mol. The lowest BCUT2D eigenvalue weighted by Crippen LogP contribution is -2.52. The molecule has 1 saturated heterocycles. The van der Waals surface area contributed by atoms with Gasteiger partial charge in [-0.2, -0.15) is 0 Å². The third-order valence-electron chi connectivity index (χ3n) is 3.45. The summed E-state index contributed by atoms with van der Waals surface area (Å²) in [5, 5.41) is 5.54. The van der Waals surface area contributed by atoms with Crippen molar-refractivity contribution in [2.75, 3.05) is 39.4 Å². The topological polar surface area (TPSA) is 79.9 Å². The van der Waals surface area contributed by atoms with Gasteiger partial charge >= 0.3 is 6.09 Å². The van der Waals surface area contributed by atoms with Crippen molar-refractivity contribution in [2.45, 2.75) is 46.3 Å². The summed E-state index contributed by atoms with van der Waals surface area (Å²) in [5.74, 6) is -0.204. The third kappa shape index (κ3) is 8.18. The molecule has 1 aliphatic heterocycles. The highest BCUT2D eigenvalue weighted by Crippen LogP contribution is 2.08. The fourth-order valence-corrected chi connectivity index (χ4v) is 2.24. The Balaban J connectivity index is 2.39. The first kappa shape index (κ1) is 19.7. The molecule has 0 bridgehead atoms. The van der Waals surface area contributed by atoms with Gasteiger partial charge in [-0.3, -0.25) is 9.69 Å². The molecular weight excluding hydrogens is 298 g/mol. The molecule has 1 atom stereocenters. The second kappa shape index (κ2) is 9.08. The smallest absolute Gasteiger partial charge is 0.408 e. The molecule has 0 aromatic rings. The average molecular weight is 329 g/mol. The van der Waals surface area contributed by atoms with Crippen molar-refractivity contribution in [1.82, 2.24) is 15.5 Å². The number of nitrogens with zero attached hydrogens (tertiary/aromatic N) is 1. The molecule has 1 aliphatic rings. The van der Waals surface area contributed by atoms with Crippen LogP contribution in [0.15, 0.2) is 0 Å². The lowest BCUT2D eigenvalue weighted by molar-refractivity contribution is -0.124. The van der Waals surface area contributed by atoms with Gasteiger partial charge in [0.1, 0.15) is 11.6 Å². The van der Waals surface area contributed by atoms with Crippen LogP contribution in [0.5, 0.6) is 0 Å². The minimum Gasteiger partial charge on any atom is -0.444 e. The molecule has 7 heteroatoms. The van der Waals surface area contributed by atoms with E-state index in [1.165, 1.54) is 0 Å². The summed E-state index contributed by atoms with van der Waals surface area (Å²) in [4.78, 5) is 26.4. The highest BCUT2D eigenvalue weighted by Gasteiger charge is 2.26. The summed E-state index contributed by atoms with van der Waals surface area (Å²) in [5.41, 5.74) is -0.585. The summed E-state index contributed by atoms with van der Waals surface area (Å²) in [7, 11) is 0.